The molecule has 7 nitrogen and oxygen atoms in total. The standard InChI is InChI=1S/C19H20FN3O4S/c20-14-4-7-16(8-5-14)28(25,26)23-11-1-2-13-3-6-15(12-17(13)23)22-19(24)18-9-10-21-27-18/h3-8,12,18,21H,1-2,9-11H2,(H,22,24). The van der Waals surface area contributed by atoms with Gasteiger partial charge in [0.15, 0.2) is 6.10 Å². The van der Waals surface area contributed by atoms with Crippen LogP contribution in [0, 0.1) is 5.82 Å². The molecule has 28 heavy (non-hydrogen) atoms. The molecule has 9 heteroatoms. The third-order valence-electron chi connectivity index (χ3n) is 4.86. The lowest BCUT2D eigenvalue weighted by Gasteiger charge is -2.31. The van der Waals surface area contributed by atoms with E-state index < -0.39 is 21.9 Å². The lowest BCUT2D eigenvalue weighted by Crippen LogP contribution is -2.35. The lowest BCUT2D eigenvalue weighted by atomic mass is 10.0. The molecule has 1 fully saturated rings. The molecule has 2 N–H and O–H groups in total. The second-order valence-corrected chi connectivity index (χ2v) is 8.62. The van der Waals surface area contributed by atoms with Crippen molar-refractivity contribution in [3.8, 4) is 0 Å². The SMILES string of the molecule is O=C(Nc1ccc2c(c1)N(S(=O)(=O)c1ccc(F)cc1)CCC2)C1CCNO1. The van der Waals surface area contributed by atoms with Crippen molar-refractivity contribution >= 4 is 27.3 Å². The summed E-state index contributed by atoms with van der Waals surface area (Å²) in [4.78, 5) is 17.4. The summed E-state index contributed by atoms with van der Waals surface area (Å²) in [7, 11) is -3.83. The Kier molecular flexibility index (Phi) is 5.05. The van der Waals surface area contributed by atoms with Crippen molar-refractivity contribution in [2.24, 2.45) is 0 Å². The molecular formula is C19H20FN3O4S. The van der Waals surface area contributed by atoms with Crippen LogP contribution in [0.3, 0.4) is 0 Å². The van der Waals surface area contributed by atoms with Crippen LogP contribution in [0.2, 0.25) is 0 Å². The number of hydroxylamine groups is 1. The second-order valence-electron chi connectivity index (χ2n) is 6.76. The summed E-state index contributed by atoms with van der Waals surface area (Å²) in [5.74, 6) is -0.777. The zero-order valence-electron chi connectivity index (χ0n) is 15.0. The summed E-state index contributed by atoms with van der Waals surface area (Å²) >= 11 is 0. The molecule has 2 aromatic rings. The Bertz CT molecular complexity index is 989. The normalized spacial score (nSPS) is 19.3. The van der Waals surface area contributed by atoms with E-state index >= 15 is 0 Å². The number of amides is 1. The van der Waals surface area contributed by atoms with Gasteiger partial charge in [-0.15, -0.1) is 0 Å². The first-order valence-corrected chi connectivity index (χ1v) is 10.5. The Morgan fingerprint density at radius 3 is 2.71 bits per heavy atom. The molecule has 0 spiro atoms. The Morgan fingerprint density at radius 2 is 2.00 bits per heavy atom. The molecule has 2 heterocycles. The van der Waals surface area contributed by atoms with Gasteiger partial charge in [-0.25, -0.2) is 18.3 Å². The Morgan fingerprint density at radius 1 is 1.21 bits per heavy atom. The molecule has 148 valence electrons. The average Bonchev–Trinajstić information content (AvgIpc) is 3.23. The van der Waals surface area contributed by atoms with E-state index in [1.165, 1.54) is 16.4 Å². The number of benzene rings is 2. The largest absolute Gasteiger partial charge is 0.324 e. The zero-order chi connectivity index (χ0) is 19.7. The second kappa shape index (κ2) is 7.50. The summed E-state index contributed by atoms with van der Waals surface area (Å²) < 4.78 is 40.7. The summed E-state index contributed by atoms with van der Waals surface area (Å²) in [5.41, 5.74) is 4.57. The molecule has 1 amide bonds. The van der Waals surface area contributed by atoms with Gasteiger partial charge in [0.05, 0.1) is 10.6 Å². The first kappa shape index (κ1) is 18.9. The van der Waals surface area contributed by atoms with Gasteiger partial charge in [0.2, 0.25) is 0 Å². The van der Waals surface area contributed by atoms with Crippen LogP contribution in [0.1, 0.15) is 18.4 Å². The van der Waals surface area contributed by atoms with E-state index in [9.17, 15) is 17.6 Å². The maximum Gasteiger partial charge on any atom is 0.264 e. The molecule has 2 aliphatic heterocycles. The molecule has 2 aromatic carbocycles. The molecule has 2 aliphatic rings. The van der Waals surface area contributed by atoms with E-state index in [1.54, 1.807) is 12.1 Å². The van der Waals surface area contributed by atoms with Gasteiger partial charge >= 0.3 is 0 Å². The van der Waals surface area contributed by atoms with Crippen molar-refractivity contribution in [2.75, 3.05) is 22.7 Å². The smallest absolute Gasteiger partial charge is 0.264 e. The number of fused-ring (bicyclic) bond motifs is 1. The third-order valence-corrected chi connectivity index (χ3v) is 6.68. The van der Waals surface area contributed by atoms with Crippen LogP contribution in [-0.4, -0.2) is 33.5 Å². The van der Waals surface area contributed by atoms with Gasteiger partial charge in [-0.3, -0.25) is 13.9 Å². The molecule has 1 unspecified atom stereocenters. The highest BCUT2D eigenvalue weighted by molar-refractivity contribution is 7.92. The number of sulfonamides is 1. The fourth-order valence-electron chi connectivity index (χ4n) is 3.42. The first-order chi connectivity index (χ1) is 13.4. The predicted molar refractivity (Wildman–Crippen MR) is 102 cm³/mol. The molecule has 0 aliphatic carbocycles. The summed E-state index contributed by atoms with van der Waals surface area (Å²) in [5, 5.41) is 2.78. The van der Waals surface area contributed by atoms with Crippen molar-refractivity contribution in [2.45, 2.75) is 30.3 Å². The van der Waals surface area contributed by atoms with Gasteiger partial charge in [0.1, 0.15) is 5.82 Å². The molecule has 0 aromatic heterocycles. The molecule has 1 atom stereocenters. The van der Waals surface area contributed by atoms with Crippen LogP contribution >= 0.6 is 0 Å². The molecule has 0 bridgehead atoms. The highest BCUT2D eigenvalue weighted by Crippen LogP contribution is 2.34. The number of halogens is 1. The van der Waals surface area contributed by atoms with Gasteiger partial charge in [0, 0.05) is 18.8 Å². The average molecular weight is 405 g/mol. The van der Waals surface area contributed by atoms with Crippen LogP contribution in [0.4, 0.5) is 15.8 Å². The van der Waals surface area contributed by atoms with Crippen molar-refractivity contribution in [1.82, 2.24) is 5.48 Å². The molecule has 0 radical (unpaired) electrons. The van der Waals surface area contributed by atoms with Gasteiger partial charge in [-0.1, -0.05) is 6.07 Å². The number of anilines is 2. The lowest BCUT2D eigenvalue weighted by molar-refractivity contribution is -0.127. The van der Waals surface area contributed by atoms with Gasteiger partial charge in [0.25, 0.3) is 15.9 Å². The van der Waals surface area contributed by atoms with E-state index in [0.717, 1.165) is 24.1 Å². The minimum Gasteiger partial charge on any atom is -0.324 e. The Hall–Kier alpha value is -2.49. The van der Waals surface area contributed by atoms with Crippen LogP contribution in [0.5, 0.6) is 0 Å². The molecular weight excluding hydrogens is 385 g/mol. The number of carbonyl (C=O) groups excluding carboxylic acids is 1. The summed E-state index contributed by atoms with van der Waals surface area (Å²) in [6.45, 7) is 0.922. The number of aryl methyl sites for hydroxylation is 1. The maximum absolute atomic E-state index is 13.2. The third kappa shape index (κ3) is 3.60. The summed E-state index contributed by atoms with van der Waals surface area (Å²) in [6.07, 6.45) is 1.42. The van der Waals surface area contributed by atoms with Gasteiger partial charge in [-0.05, 0) is 61.2 Å². The fraction of sp³-hybridized carbons (Fsp3) is 0.316. The van der Waals surface area contributed by atoms with Crippen LogP contribution in [0.15, 0.2) is 47.4 Å². The zero-order valence-corrected chi connectivity index (χ0v) is 15.8. The molecule has 0 saturated carbocycles. The summed E-state index contributed by atoms with van der Waals surface area (Å²) in [6, 6.07) is 10.0. The monoisotopic (exact) mass is 405 g/mol. The molecule has 4 rings (SSSR count). The van der Waals surface area contributed by atoms with Gasteiger partial charge < -0.3 is 5.32 Å². The van der Waals surface area contributed by atoms with Gasteiger partial charge in [-0.2, -0.15) is 0 Å². The first-order valence-electron chi connectivity index (χ1n) is 9.06. The van der Waals surface area contributed by atoms with E-state index in [-0.39, 0.29) is 10.8 Å². The fourth-order valence-corrected chi connectivity index (χ4v) is 4.95. The number of hydrogen-bond acceptors (Lipinski definition) is 5. The van der Waals surface area contributed by atoms with E-state index in [1.807, 2.05) is 6.07 Å². The van der Waals surface area contributed by atoms with Crippen molar-refractivity contribution < 1.29 is 22.4 Å². The highest BCUT2D eigenvalue weighted by Gasteiger charge is 2.30. The molecule has 1 saturated heterocycles. The van der Waals surface area contributed by atoms with E-state index in [0.29, 0.717) is 37.3 Å². The number of carbonyl (C=O) groups is 1. The number of nitrogens with zero attached hydrogens (tertiary/aromatic N) is 1. The van der Waals surface area contributed by atoms with Crippen LogP contribution in [-0.2, 0) is 26.1 Å². The Balaban J connectivity index is 1.64. The number of nitrogens with one attached hydrogen (secondary N) is 2. The van der Waals surface area contributed by atoms with Crippen LogP contribution in [0.25, 0.3) is 0 Å². The Labute approximate surface area is 162 Å². The van der Waals surface area contributed by atoms with Crippen molar-refractivity contribution in [3.63, 3.8) is 0 Å². The topological polar surface area (TPSA) is 87.7 Å². The van der Waals surface area contributed by atoms with Crippen molar-refractivity contribution in [3.05, 3.63) is 53.8 Å². The number of rotatable bonds is 4. The quantitative estimate of drug-likeness (QED) is 0.814. The van der Waals surface area contributed by atoms with Crippen molar-refractivity contribution in [1.29, 1.82) is 0 Å². The maximum atomic E-state index is 13.2. The van der Waals surface area contributed by atoms with Crippen LogP contribution < -0.4 is 15.1 Å². The van der Waals surface area contributed by atoms with E-state index in [2.05, 4.69) is 10.8 Å². The predicted octanol–water partition coefficient (Wildman–Crippen LogP) is 2.20. The minimum atomic E-state index is -3.83. The number of hydrogen-bond donors (Lipinski definition) is 2. The van der Waals surface area contributed by atoms with E-state index in [4.69, 9.17) is 4.84 Å². The minimum absolute atomic E-state index is 0.0293. The highest BCUT2D eigenvalue weighted by atomic mass is 32.2.